The molecule has 0 N–H and O–H groups in total. The summed E-state index contributed by atoms with van der Waals surface area (Å²) in [5.74, 6) is 3.38. The first-order valence-corrected chi connectivity index (χ1v) is 13.4. The average Bonchev–Trinajstić information content (AvgIpc) is 2.93. The van der Waals surface area contributed by atoms with Gasteiger partial charge < -0.3 is 0 Å². The van der Waals surface area contributed by atoms with E-state index in [4.69, 9.17) is 0 Å². The molecule has 0 nitrogen and oxygen atoms in total. The molecule has 0 aliphatic carbocycles. The Bertz CT molecular complexity index is 974. The molecule has 2 aromatic carbocycles. The van der Waals surface area contributed by atoms with Crippen molar-refractivity contribution in [1.29, 1.82) is 0 Å². The van der Waals surface area contributed by atoms with E-state index in [2.05, 4.69) is 86.6 Å². The molecule has 3 aromatic rings. The maximum atomic E-state index is 3.46. The highest BCUT2D eigenvalue weighted by Gasteiger charge is 2.08. The normalized spacial score (nSPS) is 12.0. The molecule has 3 rings (SSSR count). The molecule has 0 aliphatic heterocycles. The number of hydrogen-bond acceptors (Lipinski definition) is 1. The van der Waals surface area contributed by atoms with Crippen molar-refractivity contribution in [2.75, 3.05) is 0 Å². The molecule has 0 bridgehead atoms. The Balaban J connectivity index is 1.94. The number of allylic oxidation sites excluding steroid dienone is 1. The largest absolute Gasteiger partial charge is 0.135 e. The molecule has 128 valence electrons. The van der Waals surface area contributed by atoms with E-state index in [0.29, 0.717) is 0 Å². The zero-order chi connectivity index (χ0) is 17.9. The second-order valence-electron chi connectivity index (χ2n) is 7.61. The summed E-state index contributed by atoms with van der Waals surface area (Å²) < 4.78 is 2.70. The van der Waals surface area contributed by atoms with Crippen molar-refractivity contribution in [3.05, 3.63) is 53.6 Å². The quantitative estimate of drug-likeness (QED) is 0.256. The van der Waals surface area contributed by atoms with Gasteiger partial charge in [0.15, 0.2) is 0 Å². The molecule has 0 fully saturated rings. The Morgan fingerprint density at radius 3 is 2.44 bits per heavy atom. The van der Waals surface area contributed by atoms with Crippen LogP contribution in [0.4, 0.5) is 0 Å². The maximum Gasteiger partial charge on any atom is 0.129 e. The molecule has 0 amide bonds. The second kappa shape index (κ2) is 7.60. The Morgan fingerprint density at radius 1 is 1.00 bits per heavy atom. The predicted molar refractivity (Wildman–Crippen MR) is 118 cm³/mol. The minimum atomic E-state index is -1.33. The summed E-state index contributed by atoms with van der Waals surface area (Å²) in [5, 5.41) is 2.70. The number of unbranched alkanes of at least 4 members (excludes halogenated alkanes) is 2. The minimum absolute atomic E-state index is 1.14. The average molecular weight is 363 g/mol. The fourth-order valence-corrected chi connectivity index (χ4v) is 4.49. The highest BCUT2D eigenvalue weighted by Crippen LogP contribution is 2.35. The van der Waals surface area contributed by atoms with E-state index in [1.165, 1.54) is 45.0 Å². The lowest BCUT2D eigenvalue weighted by Crippen LogP contribution is -2.16. The third kappa shape index (κ3) is 4.63. The Kier molecular flexibility index (Phi) is 5.47. The standard InChI is InChI=1S/C23H26SSi/c1-5-6-7-8-9-18-10-12-20-21-13-11-19(14-15-25(2,3)4)17-23(21)24-22(20)16-18/h8-13,16-17H,5-7H2,1-4H3/b9-8+. The van der Waals surface area contributed by atoms with Gasteiger partial charge in [-0.1, -0.05) is 75.7 Å². The van der Waals surface area contributed by atoms with E-state index in [-0.39, 0.29) is 0 Å². The van der Waals surface area contributed by atoms with Gasteiger partial charge in [0.05, 0.1) is 0 Å². The topological polar surface area (TPSA) is 0 Å². The molecule has 0 unspecified atom stereocenters. The molecule has 0 radical (unpaired) electrons. The number of rotatable bonds is 4. The van der Waals surface area contributed by atoms with Gasteiger partial charge in [0.25, 0.3) is 0 Å². The zero-order valence-corrected chi connectivity index (χ0v) is 17.5. The van der Waals surface area contributed by atoms with E-state index in [1.807, 2.05) is 11.3 Å². The second-order valence-corrected chi connectivity index (χ2v) is 13.4. The summed E-state index contributed by atoms with van der Waals surface area (Å²) in [5.41, 5.74) is 5.90. The molecular weight excluding hydrogens is 336 g/mol. The van der Waals surface area contributed by atoms with Gasteiger partial charge in [0.2, 0.25) is 0 Å². The SMILES string of the molecule is CCCC/C=C/c1ccc2c(c1)sc1cc(C#C[Si](C)(C)C)ccc12. The van der Waals surface area contributed by atoms with Crippen LogP contribution in [0.15, 0.2) is 42.5 Å². The van der Waals surface area contributed by atoms with Crippen molar-refractivity contribution < 1.29 is 0 Å². The number of fused-ring (bicyclic) bond motifs is 3. The lowest BCUT2D eigenvalue weighted by Gasteiger charge is -2.03. The highest BCUT2D eigenvalue weighted by atomic mass is 32.1. The predicted octanol–water partition coefficient (Wildman–Crippen LogP) is 7.49. The van der Waals surface area contributed by atoms with Crippen molar-refractivity contribution >= 4 is 45.7 Å². The van der Waals surface area contributed by atoms with Crippen LogP contribution in [-0.4, -0.2) is 8.07 Å². The van der Waals surface area contributed by atoms with Crippen molar-refractivity contribution in [3.63, 3.8) is 0 Å². The van der Waals surface area contributed by atoms with Gasteiger partial charge in [-0.05, 0) is 30.2 Å². The Morgan fingerprint density at radius 2 is 1.72 bits per heavy atom. The lowest BCUT2D eigenvalue weighted by atomic mass is 10.1. The van der Waals surface area contributed by atoms with Crippen LogP contribution >= 0.6 is 11.3 Å². The fourth-order valence-electron chi connectivity index (χ4n) is 2.78. The summed E-state index contributed by atoms with van der Waals surface area (Å²) in [6, 6.07) is 13.5. The van der Waals surface area contributed by atoms with Crippen molar-refractivity contribution in [1.82, 2.24) is 0 Å². The van der Waals surface area contributed by atoms with Crippen LogP contribution in [0.5, 0.6) is 0 Å². The van der Waals surface area contributed by atoms with E-state index in [0.717, 1.165) is 5.56 Å². The molecule has 0 saturated heterocycles. The van der Waals surface area contributed by atoms with Gasteiger partial charge in [-0.15, -0.1) is 16.9 Å². The van der Waals surface area contributed by atoms with E-state index in [1.54, 1.807) is 0 Å². The van der Waals surface area contributed by atoms with Gasteiger partial charge in [-0.3, -0.25) is 0 Å². The van der Waals surface area contributed by atoms with Crippen LogP contribution in [0.1, 0.15) is 37.3 Å². The van der Waals surface area contributed by atoms with Crippen molar-refractivity contribution in [2.24, 2.45) is 0 Å². The first-order valence-electron chi connectivity index (χ1n) is 9.12. The highest BCUT2D eigenvalue weighted by molar-refractivity contribution is 7.25. The third-order valence-corrected chi connectivity index (χ3v) is 6.10. The van der Waals surface area contributed by atoms with Crippen molar-refractivity contribution in [3.8, 4) is 11.5 Å². The van der Waals surface area contributed by atoms with E-state index < -0.39 is 8.07 Å². The van der Waals surface area contributed by atoms with Crippen LogP contribution < -0.4 is 0 Å². The molecule has 1 heterocycles. The minimum Gasteiger partial charge on any atom is -0.135 e. The van der Waals surface area contributed by atoms with Gasteiger partial charge in [-0.2, -0.15) is 0 Å². The lowest BCUT2D eigenvalue weighted by molar-refractivity contribution is 0.816. The van der Waals surface area contributed by atoms with Crippen LogP contribution in [0.25, 0.3) is 26.2 Å². The summed E-state index contributed by atoms with van der Waals surface area (Å²) in [6.07, 6.45) is 8.23. The number of thiophene rings is 1. The fraction of sp³-hybridized carbons (Fsp3) is 0.304. The summed E-state index contributed by atoms with van der Waals surface area (Å²) in [4.78, 5) is 0. The molecular formula is C23H26SSi. The van der Waals surface area contributed by atoms with Crippen molar-refractivity contribution in [2.45, 2.75) is 45.8 Å². The number of hydrogen-bond donors (Lipinski definition) is 0. The van der Waals surface area contributed by atoms with Crippen LogP contribution in [-0.2, 0) is 0 Å². The van der Waals surface area contributed by atoms with Gasteiger partial charge >= 0.3 is 0 Å². The number of benzene rings is 2. The van der Waals surface area contributed by atoms with E-state index >= 15 is 0 Å². The smallest absolute Gasteiger partial charge is 0.129 e. The molecule has 25 heavy (non-hydrogen) atoms. The molecule has 2 heteroatoms. The first kappa shape index (κ1) is 18.0. The molecule has 0 aliphatic rings. The Hall–Kier alpha value is -1.82. The van der Waals surface area contributed by atoms with Gasteiger partial charge in [0.1, 0.15) is 8.07 Å². The first-order chi connectivity index (χ1) is 12.0. The zero-order valence-electron chi connectivity index (χ0n) is 15.6. The maximum absolute atomic E-state index is 3.46. The molecule has 0 spiro atoms. The molecule has 0 saturated carbocycles. The summed E-state index contributed by atoms with van der Waals surface area (Å²) in [7, 11) is -1.33. The summed E-state index contributed by atoms with van der Waals surface area (Å²) >= 11 is 1.88. The van der Waals surface area contributed by atoms with Crippen LogP contribution in [0, 0.1) is 11.5 Å². The van der Waals surface area contributed by atoms with Crippen LogP contribution in [0.3, 0.4) is 0 Å². The van der Waals surface area contributed by atoms with Gasteiger partial charge in [-0.25, -0.2) is 0 Å². The van der Waals surface area contributed by atoms with Gasteiger partial charge in [0, 0.05) is 25.7 Å². The summed E-state index contributed by atoms with van der Waals surface area (Å²) in [6.45, 7) is 9.09. The molecule has 1 aromatic heterocycles. The van der Waals surface area contributed by atoms with E-state index in [9.17, 15) is 0 Å². The monoisotopic (exact) mass is 362 g/mol. The van der Waals surface area contributed by atoms with Crippen LogP contribution in [0.2, 0.25) is 19.6 Å². The third-order valence-electron chi connectivity index (χ3n) is 4.11. The Labute approximate surface area is 156 Å². The molecule has 0 atom stereocenters.